The predicted octanol–water partition coefficient (Wildman–Crippen LogP) is 2.64. The molecule has 0 saturated carbocycles. The van der Waals surface area contributed by atoms with Crippen molar-refractivity contribution in [1.82, 2.24) is 4.31 Å². The molecule has 1 rings (SSSR count). The van der Waals surface area contributed by atoms with Crippen LogP contribution < -0.4 is 0 Å². The Hall–Kier alpha value is 0.0500. The molecular weight excluding hydrogens is 166 g/mol. The Morgan fingerprint density at radius 3 is 2.33 bits per heavy atom. The van der Waals surface area contributed by atoms with Gasteiger partial charge in [-0.1, -0.05) is 12.5 Å². The van der Waals surface area contributed by atoms with Gasteiger partial charge in [0.25, 0.3) is 0 Å². The highest BCUT2D eigenvalue weighted by Crippen LogP contribution is 2.45. The van der Waals surface area contributed by atoms with Gasteiger partial charge in [-0.2, -0.15) is 10.2 Å². The standard InChI is InChI=1S/C10H21NS/c1-4-10-12(2,3)11-8-6-5-7-9-11/h4H,1,5-10H2,2-3H3. The van der Waals surface area contributed by atoms with E-state index in [4.69, 9.17) is 0 Å². The van der Waals surface area contributed by atoms with E-state index in [-0.39, 0.29) is 0 Å². The fourth-order valence-corrected chi connectivity index (χ4v) is 3.79. The Morgan fingerprint density at radius 1 is 1.25 bits per heavy atom. The first-order valence-corrected chi connectivity index (χ1v) is 7.31. The summed E-state index contributed by atoms with van der Waals surface area (Å²) in [5.41, 5.74) is 0. The molecule has 1 fully saturated rings. The minimum atomic E-state index is -0.518. The van der Waals surface area contributed by atoms with Crippen LogP contribution in [0.2, 0.25) is 0 Å². The van der Waals surface area contributed by atoms with Gasteiger partial charge in [0.15, 0.2) is 0 Å². The van der Waals surface area contributed by atoms with Gasteiger partial charge in [-0.15, -0.1) is 6.58 Å². The van der Waals surface area contributed by atoms with Gasteiger partial charge in [-0.05, 0) is 25.4 Å². The Labute approximate surface area is 78.3 Å². The smallest absolute Gasteiger partial charge is 0.00740 e. The largest absolute Gasteiger partial charge is 0.268 e. The van der Waals surface area contributed by atoms with E-state index in [1.54, 1.807) is 0 Å². The molecule has 0 aromatic heterocycles. The van der Waals surface area contributed by atoms with Crippen molar-refractivity contribution in [2.45, 2.75) is 19.3 Å². The summed E-state index contributed by atoms with van der Waals surface area (Å²) in [4.78, 5) is 0. The maximum Gasteiger partial charge on any atom is 0.00740 e. The second kappa shape index (κ2) is 4.33. The number of nitrogens with zero attached hydrogens (tertiary/aromatic N) is 1. The first-order valence-electron chi connectivity index (χ1n) is 4.74. The molecule has 0 atom stereocenters. The Bertz CT molecular complexity index is 148. The first-order chi connectivity index (χ1) is 5.67. The van der Waals surface area contributed by atoms with Crippen molar-refractivity contribution in [2.24, 2.45) is 0 Å². The van der Waals surface area contributed by atoms with E-state index < -0.39 is 10.2 Å². The van der Waals surface area contributed by atoms with Gasteiger partial charge in [0.2, 0.25) is 0 Å². The van der Waals surface area contributed by atoms with Crippen molar-refractivity contribution in [3.63, 3.8) is 0 Å². The van der Waals surface area contributed by atoms with E-state index in [0.29, 0.717) is 0 Å². The highest BCUT2D eigenvalue weighted by atomic mass is 32.3. The second-order valence-electron chi connectivity index (χ2n) is 3.92. The average Bonchev–Trinajstić information content (AvgIpc) is 2.06. The highest BCUT2D eigenvalue weighted by Gasteiger charge is 2.21. The van der Waals surface area contributed by atoms with Crippen molar-refractivity contribution in [3.05, 3.63) is 12.7 Å². The molecule has 0 radical (unpaired) electrons. The number of hydrogen-bond donors (Lipinski definition) is 0. The zero-order valence-electron chi connectivity index (χ0n) is 8.38. The lowest BCUT2D eigenvalue weighted by Gasteiger charge is -2.44. The molecule has 12 heavy (non-hydrogen) atoms. The third kappa shape index (κ3) is 2.53. The van der Waals surface area contributed by atoms with E-state index in [1.807, 2.05) is 0 Å². The summed E-state index contributed by atoms with van der Waals surface area (Å²) in [6.45, 7) is 6.47. The first kappa shape index (κ1) is 10.1. The average molecular weight is 187 g/mol. The minimum Gasteiger partial charge on any atom is -0.268 e. The summed E-state index contributed by atoms with van der Waals surface area (Å²) < 4.78 is 2.68. The van der Waals surface area contributed by atoms with Crippen LogP contribution in [0.25, 0.3) is 0 Å². The fourth-order valence-electron chi connectivity index (χ4n) is 1.75. The topological polar surface area (TPSA) is 3.24 Å². The molecule has 1 aliphatic rings. The summed E-state index contributed by atoms with van der Waals surface area (Å²) in [5, 5.41) is 0. The van der Waals surface area contributed by atoms with E-state index in [1.165, 1.54) is 38.1 Å². The molecule has 0 aliphatic carbocycles. The van der Waals surface area contributed by atoms with Crippen LogP contribution in [0.5, 0.6) is 0 Å². The summed E-state index contributed by atoms with van der Waals surface area (Å²) in [7, 11) is -0.518. The lowest BCUT2D eigenvalue weighted by molar-refractivity contribution is 0.373. The Morgan fingerprint density at radius 2 is 1.83 bits per heavy atom. The number of hydrogen-bond acceptors (Lipinski definition) is 1. The molecule has 72 valence electrons. The van der Waals surface area contributed by atoms with E-state index in [2.05, 4.69) is 29.5 Å². The van der Waals surface area contributed by atoms with Crippen LogP contribution in [0.4, 0.5) is 0 Å². The molecule has 0 unspecified atom stereocenters. The number of piperidine rings is 1. The van der Waals surface area contributed by atoms with Gasteiger partial charge in [-0.25, -0.2) is 0 Å². The van der Waals surface area contributed by atoms with Crippen LogP contribution in [0.15, 0.2) is 12.7 Å². The molecule has 1 aliphatic heterocycles. The minimum absolute atomic E-state index is 0.518. The zero-order chi connectivity index (χ0) is 9.03. The van der Waals surface area contributed by atoms with Crippen LogP contribution in [0.1, 0.15) is 19.3 Å². The lowest BCUT2D eigenvalue weighted by Crippen LogP contribution is -2.33. The molecule has 0 aromatic rings. The molecular formula is C10H21NS. The van der Waals surface area contributed by atoms with Crippen LogP contribution in [0, 0.1) is 0 Å². The molecule has 0 spiro atoms. The third-order valence-corrected chi connectivity index (χ3v) is 5.35. The maximum absolute atomic E-state index is 3.83. The Kier molecular flexibility index (Phi) is 3.66. The van der Waals surface area contributed by atoms with Crippen LogP contribution in [0.3, 0.4) is 0 Å². The monoisotopic (exact) mass is 187 g/mol. The van der Waals surface area contributed by atoms with Gasteiger partial charge >= 0.3 is 0 Å². The quantitative estimate of drug-likeness (QED) is 0.614. The Balaban J connectivity index is 2.47. The van der Waals surface area contributed by atoms with Crippen LogP contribution in [-0.4, -0.2) is 35.7 Å². The highest BCUT2D eigenvalue weighted by molar-refractivity contribution is 8.30. The fraction of sp³-hybridized carbons (Fsp3) is 0.800. The van der Waals surface area contributed by atoms with Crippen molar-refractivity contribution in [3.8, 4) is 0 Å². The van der Waals surface area contributed by atoms with Gasteiger partial charge in [0, 0.05) is 18.8 Å². The SMILES string of the molecule is C=CCS(C)(C)N1CCCCC1. The van der Waals surface area contributed by atoms with Crippen molar-refractivity contribution in [2.75, 3.05) is 31.4 Å². The van der Waals surface area contributed by atoms with Crippen molar-refractivity contribution in [1.29, 1.82) is 0 Å². The maximum atomic E-state index is 3.83. The summed E-state index contributed by atoms with van der Waals surface area (Å²) in [6.07, 6.45) is 11.1. The summed E-state index contributed by atoms with van der Waals surface area (Å²) in [5.74, 6) is 1.19. The van der Waals surface area contributed by atoms with Gasteiger partial charge in [-0.3, -0.25) is 4.31 Å². The van der Waals surface area contributed by atoms with Crippen LogP contribution in [-0.2, 0) is 0 Å². The normalized spacial score (nSPS) is 22.2. The molecule has 1 heterocycles. The zero-order valence-corrected chi connectivity index (χ0v) is 9.20. The van der Waals surface area contributed by atoms with Gasteiger partial charge in [0.05, 0.1) is 0 Å². The molecule has 0 bridgehead atoms. The summed E-state index contributed by atoms with van der Waals surface area (Å²) >= 11 is 0. The van der Waals surface area contributed by atoms with Gasteiger partial charge < -0.3 is 0 Å². The molecule has 1 nitrogen and oxygen atoms in total. The molecule has 0 N–H and O–H groups in total. The second-order valence-corrected chi connectivity index (χ2v) is 7.73. The molecule has 0 aromatic carbocycles. The molecule has 2 heteroatoms. The van der Waals surface area contributed by atoms with E-state index in [9.17, 15) is 0 Å². The lowest BCUT2D eigenvalue weighted by atomic mass is 10.2. The third-order valence-electron chi connectivity index (χ3n) is 2.54. The van der Waals surface area contributed by atoms with E-state index in [0.717, 1.165) is 0 Å². The van der Waals surface area contributed by atoms with Crippen LogP contribution >= 0.6 is 10.2 Å². The number of rotatable bonds is 3. The molecule has 0 amide bonds. The van der Waals surface area contributed by atoms with Crippen molar-refractivity contribution >= 4 is 10.2 Å². The van der Waals surface area contributed by atoms with Crippen molar-refractivity contribution < 1.29 is 0 Å². The van der Waals surface area contributed by atoms with E-state index >= 15 is 0 Å². The summed E-state index contributed by atoms with van der Waals surface area (Å²) in [6, 6.07) is 0. The van der Waals surface area contributed by atoms with Gasteiger partial charge in [0.1, 0.15) is 0 Å². The predicted molar refractivity (Wildman–Crippen MR) is 59.9 cm³/mol. The molecule has 1 saturated heterocycles.